The summed E-state index contributed by atoms with van der Waals surface area (Å²) in [6.07, 6.45) is 0.992. The van der Waals surface area contributed by atoms with Gasteiger partial charge in [-0.1, -0.05) is 19.1 Å². The molecule has 0 aliphatic heterocycles. The Morgan fingerprint density at radius 3 is 2.53 bits per heavy atom. The van der Waals surface area contributed by atoms with E-state index in [0.29, 0.717) is 6.54 Å². The number of rotatable bonds is 6. The monoisotopic (exact) mass is 264 g/mol. The van der Waals surface area contributed by atoms with E-state index in [0.717, 1.165) is 24.3 Å². The maximum Gasteiger partial charge on any atom is 0.313 e. The van der Waals surface area contributed by atoms with E-state index in [9.17, 15) is 4.79 Å². The standard InChI is InChI=1S/C15H24N2O2/c1-5-10-17(11-15(2,3)14(18)19-4)13-9-7-6-8-12(13)16/h6-9H,5,10-11,16H2,1-4H3. The smallest absolute Gasteiger partial charge is 0.313 e. The first kappa shape index (κ1) is 15.3. The van der Waals surface area contributed by atoms with Gasteiger partial charge in [0, 0.05) is 13.1 Å². The number of carbonyl (C=O) groups is 1. The second-order valence-corrected chi connectivity index (χ2v) is 5.36. The fourth-order valence-corrected chi connectivity index (χ4v) is 2.15. The first-order valence-electron chi connectivity index (χ1n) is 6.60. The summed E-state index contributed by atoms with van der Waals surface area (Å²) in [5.41, 5.74) is 7.16. The molecule has 19 heavy (non-hydrogen) atoms. The van der Waals surface area contributed by atoms with E-state index in [1.54, 1.807) is 0 Å². The molecule has 0 radical (unpaired) electrons. The zero-order valence-corrected chi connectivity index (χ0v) is 12.3. The molecule has 0 bridgehead atoms. The zero-order chi connectivity index (χ0) is 14.5. The molecule has 0 aliphatic carbocycles. The summed E-state index contributed by atoms with van der Waals surface area (Å²) in [5, 5.41) is 0. The molecule has 0 fully saturated rings. The van der Waals surface area contributed by atoms with Crippen molar-refractivity contribution in [3.63, 3.8) is 0 Å². The Morgan fingerprint density at radius 1 is 1.37 bits per heavy atom. The van der Waals surface area contributed by atoms with Crippen LogP contribution in [0, 0.1) is 5.41 Å². The van der Waals surface area contributed by atoms with Crippen LogP contribution >= 0.6 is 0 Å². The largest absolute Gasteiger partial charge is 0.469 e. The van der Waals surface area contributed by atoms with E-state index in [-0.39, 0.29) is 5.97 Å². The third-order valence-corrected chi connectivity index (χ3v) is 3.10. The number of benzene rings is 1. The van der Waals surface area contributed by atoms with Crippen molar-refractivity contribution in [2.24, 2.45) is 5.41 Å². The van der Waals surface area contributed by atoms with E-state index < -0.39 is 5.41 Å². The minimum atomic E-state index is -0.563. The molecule has 0 amide bonds. The Morgan fingerprint density at radius 2 is 2.00 bits per heavy atom. The van der Waals surface area contributed by atoms with E-state index >= 15 is 0 Å². The first-order valence-corrected chi connectivity index (χ1v) is 6.60. The Labute approximate surface area is 115 Å². The van der Waals surface area contributed by atoms with Gasteiger partial charge in [0.25, 0.3) is 0 Å². The lowest BCUT2D eigenvalue weighted by Crippen LogP contribution is -2.40. The minimum Gasteiger partial charge on any atom is -0.469 e. The highest BCUT2D eigenvalue weighted by molar-refractivity contribution is 5.77. The van der Waals surface area contributed by atoms with Crippen LogP contribution in [0.2, 0.25) is 0 Å². The molecule has 0 saturated carbocycles. The highest BCUT2D eigenvalue weighted by atomic mass is 16.5. The van der Waals surface area contributed by atoms with Crippen molar-refractivity contribution in [3.05, 3.63) is 24.3 Å². The molecule has 1 aromatic carbocycles. The number of para-hydroxylation sites is 2. The average Bonchev–Trinajstić information content (AvgIpc) is 2.37. The van der Waals surface area contributed by atoms with Crippen molar-refractivity contribution in [2.75, 3.05) is 30.8 Å². The Hall–Kier alpha value is -1.71. The molecule has 1 rings (SSSR count). The second kappa shape index (κ2) is 6.45. The number of esters is 1. The van der Waals surface area contributed by atoms with Crippen molar-refractivity contribution < 1.29 is 9.53 Å². The van der Waals surface area contributed by atoms with Crippen LogP contribution in [0.25, 0.3) is 0 Å². The number of carbonyl (C=O) groups excluding carboxylic acids is 1. The summed E-state index contributed by atoms with van der Waals surface area (Å²) >= 11 is 0. The minimum absolute atomic E-state index is 0.205. The lowest BCUT2D eigenvalue weighted by molar-refractivity contribution is -0.150. The van der Waals surface area contributed by atoms with Crippen molar-refractivity contribution in [1.82, 2.24) is 0 Å². The second-order valence-electron chi connectivity index (χ2n) is 5.36. The van der Waals surface area contributed by atoms with E-state index in [2.05, 4.69) is 11.8 Å². The quantitative estimate of drug-likeness (QED) is 0.634. The lowest BCUT2D eigenvalue weighted by Gasteiger charge is -2.32. The van der Waals surface area contributed by atoms with Crippen LogP contribution in [0.5, 0.6) is 0 Å². The van der Waals surface area contributed by atoms with Crippen LogP contribution in [-0.2, 0) is 9.53 Å². The van der Waals surface area contributed by atoms with Crippen molar-refractivity contribution >= 4 is 17.3 Å². The van der Waals surface area contributed by atoms with Gasteiger partial charge < -0.3 is 15.4 Å². The molecular weight excluding hydrogens is 240 g/mol. The summed E-state index contributed by atoms with van der Waals surface area (Å²) < 4.78 is 4.86. The number of hydrogen-bond donors (Lipinski definition) is 1. The van der Waals surface area contributed by atoms with Crippen LogP contribution in [0.3, 0.4) is 0 Å². The molecule has 0 heterocycles. The molecule has 0 aromatic heterocycles. The summed E-state index contributed by atoms with van der Waals surface area (Å²) in [4.78, 5) is 14.0. The number of methoxy groups -OCH3 is 1. The molecule has 0 atom stereocenters. The van der Waals surface area contributed by atoms with Gasteiger partial charge in [-0.25, -0.2) is 0 Å². The van der Waals surface area contributed by atoms with Gasteiger partial charge in [0.2, 0.25) is 0 Å². The molecule has 0 spiro atoms. The predicted octanol–water partition coefficient (Wildman–Crippen LogP) is 2.68. The van der Waals surface area contributed by atoms with Crippen molar-refractivity contribution in [1.29, 1.82) is 0 Å². The fourth-order valence-electron chi connectivity index (χ4n) is 2.15. The molecular formula is C15H24N2O2. The van der Waals surface area contributed by atoms with E-state index in [4.69, 9.17) is 10.5 Å². The third kappa shape index (κ3) is 3.88. The van der Waals surface area contributed by atoms with Crippen LogP contribution in [0.15, 0.2) is 24.3 Å². The zero-order valence-electron chi connectivity index (χ0n) is 12.3. The van der Waals surface area contributed by atoms with Gasteiger partial charge in [-0.15, -0.1) is 0 Å². The van der Waals surface area contributed by atoms with Gasteiger partial charge in [-0.3, -0.25) is 4.79 Å². The highest BCUT2D eigenvalue weighted by Gasteiger charge is 2.31. The first-order chi connectivity index (χ1) is 8.92. The molecule has 0 unspecified atom stereocenters. The molecule has 4 heteroatoms. The Bertz CT molecular complexity index is 430. The average molecular weight is 264 g/mol. The van der Waals surface area contributed by atoms with Gasteiger partial charge in [0.15, 0.2) is 0 Å². The lowest BCUT2D eigenvalue weighted by atomic mass is 9.92. The highest BCUT2D eigenvalue weighted by Crippen LogP contribution is 2.27. The topological polar surface area (TPSA) is 55.6 Å². The molecule has 1 aromatic rings. The summed E-state index contributed by atoms with van der Waals surface area (Å²) in [7, 11) is 1.42. The number of nitrogen functional groups attached to an aromatic ring is 1. The third-order valence-electron chi connectivity index (χ3n) is 3.10. The Balaban J connectivity index is 2.96. The molecule has 2 N–H and O–H groups in total. The number of nitrogens with zero attached hydrogens (tertiary/aromatic N) is 1. The normalized spacial score (nSPS) is 11.2. The molecule has 0 aliphatic rings. The van der Waals surface area contributed by atoms with Crippen molar-refractivity contribution in [3.8, 4) is 0 Å². The van der Waals surface area contributed by atoms with Gasteiger partial charge >= 0.3 is 5.97 Å². The van der Waals surface area contributed by atoms with Gasteiger partial charge in [0.1, 0.15) is 0 Å². The van der Waals surface area contributed by atoms with Gasteiger partial charge in [0.05, 0.1) is 23.9 Å². The SMILES string of the molecule is CCCN(CC(C)(C)C(=O)OC)c1ccccc1N. The molecule has 4 nitrogen and oxygen atoms in total. The molecule has 106 valence electrons. The molecule has 0 saturated heterocycles. The summed E-state index contributed by atoms with van der Waals surface area (Å²) in [6, 6.07) is 7.73. The van der Waals surface area contributed by atoms with Crippen LogP contribution in [0.4, 0.5) is 11.4 Å². The van der Waals surface area contributed by atoms with Crippen LogP contribution in [-0.4, -0.2) is 26.2 Å². The van der Waals surface area contributed by atoms with E-state index in [1.807, 2.05) is 38.1 Å². The van der Waals surface area contributed by atoms with Crippen LogP contribution < -0.4 is 10.6 Å². The number of anilines is 2. The number of nitrogens with two attached hydrogens (primary N) is 1. The predicted molar refractivity (Wildman–Crippen MR) is 79.2 cm³/mol. The van der Waals surface area contributed by atoms with E-state index in [1.165, 1.54) is 7.11 Å². The maximum absolute atomic E-state index is 11.8. The number of ether oxygens (including phenoxy) is 1. The van der Waals surface area contributed by atoms with Gasteiger partial charge in [-0.05, 0) is 32.4 Å². The van der Waals surface area contributed by atoms with Gasteiger partial charge in [-0.2, -0.15) is 0 Å². The Kier molecular flexibility index (Phi) is 5.21. The summed E-state index contributed by atoms with van der Waals surface area (Å²) in [5.74, 6) is -0.205. The van der Waals surface area contributed by atoms with Crippen molar-refractivity contribution in [2.45, 2.75) is 27.2 Å². The maximum atomic E-state index is 11.8. The van der Waals surface area contributed by atoms with Crippen LogP contribution in [0.1, 0.15) is 27.2 Å². The number of hydrogen-bond acceptors (Lipinski definition) is 4. The fraction of sp³-hybridized carbons (Fsp3) is 0.533. The summed E-state index contributed by atoms with van der Waals surface area (Å²) in [6.45, 7) is 7.33.